The van der Waals surface area contributed by atoms with E-state index < -0.39 is 0 Å². The molecule has 0 amide bonds. The molecule has 1 fully saturated rings. The van der Waals surface area contributed by atoms with Crippen LogP contribution in [0.5, 0.6) is 0 Å². The van der Waals surface area contributed by atoms with Crippen LogP contribution in [0.15, 0.2) is 22.8 Å². The zero-order valence-electron chi connectivity index (χ0n) is 8.96. The number of piperidine rings is 1. The first-order valence-electron chi connectivity index (χ1n) is 5.69. The van der Waals surface area contributed by atoms with Crippen molar-refractivity contribution in [2.45, 2.75) is 18.8 Å². The average Bonchev–Trinajstić information content (AvgIpc) is 2.73. The van der Waals surface area contributed by atoms with E-state index in [0.717, 1.165) is 23.2 Å². The van der Waals surface area contributed by atoms with Crippen molar-refractivity contribution in [1.82, 2.24) is 15.5 Å². The van der Waals surface area contributed by atoms with E-state index in [2.05, 4.69) is 49.6 Å². The largest absolute Gasteiger partial charge is 0.317 e. The molecule has 0 unspecified atom stereocenters. The molecule has 3 rings (SSSR count). The molecule has 0 spiro atoms. The van der Waals surface area contributed by atoms with Gasteiger partial charge in [-0.15, -0.1) is 0 Å². The van der Waals surface area contributed by atoms with Crippen molar-refractivity contribution < 1.29 is 0 Å². The highest BCUT2D eigenvalue weighted by Crippen LogP contribution is 2.34. The minimum absolute atomic E-state index is 0.666. The summed E-state index contributed by atoms with van der Waals surface area (Å²) in [6.45, 7) is 2.24. The van der Waals surface area contributed by atoms with Crippen LogP contribution >= 0.6 is 15.9 Å². The van der Waals surface area contributed by atoms with Crippen LogP contribution in [0.3, 0.4) is 0 Å². The van der Waals surface area contributed by atoms with Gasteiger partial charge in [-0.1, -0.05) is 12.1 Å². The van der Waals surface area contributed by atoms with Crippen molar-refractivity contribution in [2.75, 3.05) is 13.1 Å². The number of H-pyrrole nitrogens is 1. The minimum Gasteiger partial charge on any atom is -0.317 e. The number of aromatic nitrogens is 2. The van der Waals surface area contributed by atoms with E-state index in [0.29, 0.717) is 5.92 Å². The summed E-state index contributed by atoms with van der Waals surface area (Å²) in [5, 5.41) is 12.0. The van der Waals surface area contributed by atoms with Crippen LogP contribution in [0.1, 0.15) is 24.3 Å². The minimum atomic E-state index is 0.666. The van der Waals surface area contributed by atoms with Crippen molar-refractivity contribution in [3.63, 3.8) is 0 Å². The third-order valence-electron chi connectivity index (χ3n) is 3.35. The Kier molecular flexibility index (Phi) is 2.69. The lowest BCUT2D eigenvalue weighted by Crippen LogP contribution is -2.26. The summed E-state index contributed by atoms with van der Waals surface area (Å²) in [6.07, 6.45) is 2.44. The predicted octanol–water partition coefficient (Wildman–Crippen LogP) is 2.79. The molecule has 84 valence electrons. The number of aromatic amines is 1. The Morgan fingerprint density at radius 1 is 1.25 bits per heavy atom. The van der Waals surface area contributed by atoms with E-state index >= 15 is 0 Å². The third kappa shape index (κ3) is 1.66. The fourth-order valence-electron chi connectivity index (χ4n) is 2.53. The fourth-order valence-corrected chi connectivity index (χ4v) is 3.05. The molecule has 2 aromatic rings. The molecule has 1 aromatic carbocycles. The summed E-state index contributed by atoms with van der Waals surface area (Å²) in [7, 11) is 0. The Morgan fingerprint density at radius 2 is 2.06 bits per heavy atom. The highest BCUT2D eigenvalue weighted by atomic mass is 79.9. The molecule has 0 bridgehead atoms. The van der Waals surface area contributed by atoms with Gasteiger partial charge in [0.1, 0.15) is 4.60 Å². The molecule has 1 aromatic heterocycles. The van der Waals surface area contributed by atoms with E-state index in [4.69, 9.17) is 0 Å². The highest BCUT2D eigenvalue weighted by Gasteiger charge is 2.19. The number of fused-ring (bicyclic) bond motifs is 1. The van der Waals surface area contributed by atoms with Gasteiger partial charge in [0.15, 0.2) is 0 Å². The first-order valence-corrected chi connectivity index (χ1v) is 6.49. The molecular weight excluding hydrogens is 266 g/mol. The van der Waals surface area contributed by atoms with Gasteiger partial charge in [-0.2, -0.15) is 5.10 Å². The second-order valence-corrected chi connectivity index (χ2v) is 5.10. The summed E-state index contributed by atoms with van der Waals surface area (Å²) in [4.78, 5) is 0. The van der Waals surface area contributed by atoms with Crippen LogP contribution < -0.4 is 5.32 Å². The molecule has 0 radical (unpaired) electrons. The number of hydrogen-bond donors (Lipinski definition) is 2. The highest BCUT2D eigenvalue weighted by molar-refractivity contribution is 9.10. The third-order valence-corrected chi connectivity index (χ3v) is 3.92. The van der Waals surface area contributed by atoms with Gasteiger partial charge in [-0.3, -0.25) is 5.10 Å². The van der Waals surface area contributed by atoms with Crippen LogP contribution in [0.2, 0.25) is 0 Å². The van der Waals surface area contributed by atoms with Gasteiger partial charge >= 0.3 is 0 Å². The lowest BCUT2D eigenvalue weighted by molar-refractivity contribution is 0.462. The molecule has 2 heterocycles. The Balaban J connectivity index is 2.10. The molecule has 1 aliphatic rings. The Bertz CT molecular complexity index is 500. The first kappa shape index (κ1) is 10.3. The summed E-state index contributed by atoms with van der Waals surface area (Å²) in [6, 6.07) is 6.40. The van der Waals surface area contributed by atoms with Gasteiger partial charge < -0.3 is 5.32 Å². The number of halogens is 1. The quantitative estimate of drug-likeness (QED) is 0.843. The second-order valence-electron chi connectivity index (χ2n) is 4.30. The van der Waals surface area contributed by atoms with Crippen LogP contribution in [0.25, 0.3) is 10.9 Å². The molecule has 0 atom stereocenters. The van der Waals surface area contributed by atoms with Gasteiger partial charge in [-0.25, -0.2) is 0 Å². The van der Waals surface area contributed by atoms with Crippen molar-refractivity contribution in [2.24, 2.45) is 0 Å². The van der Waals surface area contributed by atoms with Gasteiger partial charge in [0.25, 0.3) is 0 Å². The van der Waals surface area contributed by atoms with E-state index in [-0.39, 0.29) is 0 Å². The van der Waals surface area contributed by atoms with Crippen LogP contribution in [0, 0.1) is 0 Å². The number of nitrogens with one attached hydrogen (secondary N) is 2. The SMILES string of the molecule is Brc1[nH]nc2cccc(C3CCNCC3)c12. The lowest BCUT2D eigenvalue weighted by Gasteiger charge is -2.23. The maximum absolute atomic E-state index is 4.29. The zero-order valence-corrected chi connectivity index (χ0v) is 10.5. The standard InChI is InChI=1S/C12H14BrN3/c13-12-11-9(8-4-6-14-7-5-8)2-1-3-10(11)15-16-12/h1-3,8,14H,4-7H2,(H,15,16). The van der Waals surface area contributed by atoms with Crippen molar-refractivity contribution in [1.29, 1.82) is 0 Å². The fraction of sp³-hybridized carbons (Fsp3) is 0.417. The van der Waals surface area contributed by atoms with E-state index in [1.165, 1.54) is 23.8 Å². The second kappa shape index (κ2) is 4.18. The van der Waals surface area contributed by atoms with Crippen molar-refractivity contribution in [3.05, 3.63) is 28.4 Å². The zero-order chi connectivity index (χ0) is 11.0. The van der Waals surface area contributed by atoms with Crippen LogP contribution in [0.4, 0.5) is 0 Å². The molecular formula is C12H14BrN3. The normalized spacial score (nSPS) is 18.1. The van der Waals surface area contributed by atoms with Gasteiger partial charge in [0, 0.05) is 5.39 Å². The number of hydrogen-bond acceptors (Lipinski definition) is 2. The average molecular weight is 280 g/mol. The van der Waals surface area contributed by atoms with Gasteiger partial charge in [0.05, 0.1) is 5.52 Å². The molecule has 0 saturated carbocycles. The van der Waals surface area contributed by atoms with E-state index in [9.17, 15) is 0 Å². The molecule has 1 aliphatic heterocycles. The molecule has 16 heavy (non-hydrogen) atoms. The molecule has 1 saturated heterocycles. The summed E-state index contributed by atoms with van der Waals surface area (Å²) >= 11 is 3.55. The predicted molar refractivity (Wildman–Crippen MR) is 68.6 cm³/mol. The van der Waals surface area contributed by atoms with Crippen molar-refractivity contribution in [3.8, 4) is 0 Å². The summed E-state index contributed by atoms with van der Waals surface area (Å²) in [5.41, 5.74) is 2.49. The summed E-state index contributed by atoms with van der Waals surface area (Å²) in [5.74, 6) is 0.666. The maximum atomic E-state index is 4.29. The number of benzene rings is 1. The van der Waals surface area contributed by atoms with Gasteiger partial charge in [0.2, 0.25) is 0 Å². The number of rotatable bonds is 1. The number of nitrogens with zero attached hydrogens (tertiary/aromatic N) is 1. The maximum Gasteiger partial charge on any atom is 0.109 e. The monoisotopic (exact) mass is 279 g/mol. The Hall–Kier alpha value is -0.870. The van der Waals surface area contributed by atoms with Crippen LogP contribution in [-0.2, 0) is 0 Å². The molecule has 0 aliphatic carbocycles. The smallest absolute Gasteiger partial charge is 0.109 e. The van der Waals surface area contributed by atoms with Crippen molar-refractivity contribution >= 4 is 26.8 Å². The molecule has 4 heteroatoms. The summed E-state index contributed by atoms with van der Waals surface area (Å²) < 4.78 is 1.01. The van der Waals surface area contributed by atoms with E-state index in [1.807, 2.05) is 0 Å². The topological polar surface area (TPSA) is 40.7 Å². The van der Waals surface area contributed by atoms with Crippen LogP contribution in [-0.4, -0.2) is 23.3 Å². The lowest BCUT2D eigenvalue weighted by atomic mass is 9.88. The molecule has 2 N–H and O–H groups in total. The van der Waals surface area contributed by atoms with E-state index in [1.54, 1.807) is 0 Å². The molecule has 3 nitrogen and oxygen atoms in total. The Morgan fingerprint density at radius 3 is 2.88 bits per heavy atom. The van der Waals surface area contributed by atoms with Gasteiger partial charge in [-0.05, 0) is 59.4 Å². The first-order chi connectivity index (χ1) is 7.86. The Labute approximate surface area is 103 Å².